The maximum absolute atomic E-state index is 5.97. The minimum Gasteiger partial charge on any atom is -0.422 e. The fraction of sp³-hybridized carbons (Fsp3) is 0.556. The zero-order valence-electron chi connectivity index (χ0n) is 13.4. The van der Waals surface area contributed by atoms with E-state index >= 15 is 0 Å². The van der Waals surface area contributed by atoms with Gasteiger partial charge >= 0.3 is 0 Å². The first-order valence-corrected chi connectivity index (χ1v) is 8.50. The molecule has 1 aromatic heterocycles. The van der Waals surface area contributed by atoms with Crippen molar-refractivity contribution in [3.05, 3.63) is 47.7 Å². The number of ether oxygens (including phenoxy) is 2. The summed E-state index contributed by atoms with van der Waals surface area (Å²) in [6.45, 7) is 2.87. The number of hydrogen-bond acceptors (Lipinski definition) is 5. The Morgan fingerprint density at radius 2 is 1.87 bits per heavy atom. The first kappa shape index (κ1) is 14.8. The summed E-state index contributed by atoms with van der Waals surface area (Å²) in [5, 5.41) is 8.54. The number of hydrogen-bond donors (Lipinski definition) is 0. The van der Waals surface area contributed by atoms with Crippen LogP contribution in [-0.4, -0.2) is 22.9 Å². The van der Waals surface area contributed by atoms with Gasteiger partial charge in [-0.15, -0.1) is 10.2 Å². The smallest absolute Gasteiger partial charge is 0.245 e. The van der Waals surface area contributed by atoms with Gasteiger partial charge in [0.15, 0.2) is 0 Å². The number of aromatic nitrogens is 2. The van der Waals surface area contributed by atoms with Crippen molar-refractivity contribution < 1.29 is 13.9 Å². The van der Waals surface area contributed by atoms with Gasteiger partial charge in [0.1, 0.15) is 6.10 Å². The lowest BCUT2D eigenvalue weighted by molar-refractivity contribution is 0.0263. The summed E-state index contributed by atoms with van der Waals surface area (Å²) in [7, 11) is 0. The van der Waals surface area contributed by atoms with Crippen LogP contribution in [0.2, 0.25) is 0 Å². The molecule has 5 nitrogen and oxygen atoms in total. The molecule has 0 N–H and O–H groups in total. The summed E-state index contributed by atoms with van der Waals surface area (Å²) in [4.78, 5) is 0. The minimum absolute atomic E-state index is 0.00242. The minimum atomic E-state index is -0.0429. The fourth-order valence-corrected chi connectivity index (χ4v) is 3.53. The van der Waals surface area contributed by atoms with E-state index < -0.39 is 0 Å². The predicted octanol–water partition coefficient (Wildman–Crippen LogP) is 3.94. The van der Waals surface area contributed by atoms with Gasteiger partial charge < -0.3 is 13.9 Å². The van der Waals surface area contributed by atoms with E-state index in [4.69, 9.17) is 13.9 Å². The van der Waals surface area contributed by atoms with Crippen LogP contribution in [0.15, 0.2) is 34.7 Å². The molecule has 3 heterocycles. The lowest BCUT2D eigenvalue weighted by Crippen LogP contribution is -2.06. The van der Waals surface area contributed by atoms with Crippen molar-refractivity contribution in [3.63, 3.8) is 0 Å². The van der Waals surface area contributed by atoms with Crippen molar-refractivity contribution in [1.82, 2.24) is 10.2 Å². The first-order chi connectivity index (χ1) is 11.3. The summed E-state index contributed by atoms with van der Waals surface area (Å²) in [5.74, 6) is 1.42. The molecule has 0 amide bonds. The molecule has 0 spiro atoms. The van der Waals surface area contributed by atoms with Gasteiger partial charge in [-0.05, 0) is 31.2 Å². The van der Waals surface area contributed by atoms with Crippen molar-refractivity contribution in [2.24, 2.45) is 0 Å². The van der Waals surface area contributed by atoms with E-state index in [1.54, 1.807) is 0 Å². The second kappa shape index (κ2) is 6.42. The molecule has 2 saturated heterocycles. The van der Waals surface area contributed by atoms with Gasteiger partial charge in [-0.25, -0.2) is 0 Å². The normalized spacial score (nSPS) is 30.8. The Morgan fingerprint density at radius 1 is 1.04 bits per heavy atom. The monoisotopic (exact) mass is 314 g/mol. The molecule has 0 radical (unpaired) electrons. The third-order valence-corrected chi connectivity index (χ3v) is 4.83. The molecule has 1 aromatic carbocycles. The topological polar surface area (TPSA) is 57.4 Å². The van der Waals surface area contributed by atoms with Crippen LogP contribution in [0.3, 0.4) is 0 Å². The van der Waals surface area contributed by atoms with Crippen LogP contribution in [0, 0.1) is 0 Å². The summed E-state index contributed by atoms with van der Waals surface area (Å²) >= 11 is 0. The summed E-state index contributed by atoms with van der Waals surface area (Å²) in [6.07, 6.45) is 4.24. The van der Waals surface area contributed by atoms with Crippen molar-refractivity contribution in [3.8, 4) is 0 Å². The molecular weight excluding hydrogens is 292 g/mol. The Morgan fingerprint density at radius 3 is 2.65 bits per heavy atom. The largest absolute Gasteiger partial charge is 0.422 e. The van der Waals surface area contributed by atoms with E-state index in [0.717, 1.165) is 37.9 Å². The Bertz CT molecular complexity index is 643. The highest BCUT2D eigenvalue weighted by Gasteiger charge is 2.36. The maximum Gasteiger partial charge on any atom is 0.245 e. The summed E-state index contributed by atoms with van der Waals surface area (Å²) in [5.41, 5.74) is 1.16. The average molecular weight is 314 g/mol. The lowest BCUT2D eigenvalue weighted by Gasteiger charge is -2.15. The molecule has 2 aliphatic heterocycles. The Labute approximate surface area is 136 Å². The van der Waals surface area contributed by atoms with E-state index in [2.05, 4.69) is 29.3 Å². The van der Waals surface area contributed by atoms with Crippen molar-refractivity contribution in [2.45, 2.75) is 56.8 Å². The highest BCUT2D eigenvalue weighted by Crippen LogP contribution is 2.42. The highest BCUT2D eigenvalue weighted by molar-refractivity contribution is 5.22. The number of nitrogens with zero attached hydrogens (tertiary/aromatic N) is 2. The molecule has 2 fully saturated rings. The standard InChI is InChI=1S/C18H22N2O3/c1-2-13-8-9-15(22-13)18-20-19-17(23-18)14-10-11-21-16(14)12-6-4-3-5-7-12/h3-7,13-16H,2,8-11H2,1H3/t13-,14-,15-,16+/m0/s1. The van der Waals surface area contributed by atoms with Gasteiger partial charge in [0.05, 0.1) is 18.1 Å². The average Bonchev–Trinajstić information content (AvgIpc) is 3.33. The Balaban J connectivity index is 1.52. The molecular formula is C18H22N2O3. The van der Waals surface area contributed by atoms with Crippen LogP contribution < -0.4 is 0 Å². The van der Waals surface area contributed by atoms with Gasteiger partial charge in [0.2, 0.25) is 11.8 Å². The molecule has 122 valence electrons. The van der Waals surface area contributed by atoms with Gasteiger partial charge in [0.25, 0.3) is 0 Å². The molecule has 2 aliphatic rings. The van der Waals surface area contributed by atoms with Crippen LogP contribution in [0.1, 0.15) is 68.1 Å². The quantitative estimate of drug-likeness (QED) is 0.855. The van der Waals surface area contributed by atoms with Gasteiger partial charge in [-0.3, -0.25) is 0 Å². The molecule has 4 atom stereocenters. The molecule has 0 aliphatic carbocycles. The van der Waals surface area contributed by atoms with Crippen molar-refractivity contribution >= 4 is 0 Å². The van der Waals surface area contributed by atoms with E-state index in [9.17, 15) is 0 Å². The SMILES string of the molecule is CC[C@H]1CC[C@@H](c2nnc([C@H]3CCO[C@@H]3c3ccccc3)o2)O1. The van der Waals surface area contributed by atoms with Crippen LogP contribution in [-0.2, 0) is 9.47 Å². The van der Waals surface area contributed by atoms with Crippen LogP contribution >= 0.6 is 0 Å². The van der Waals surface area contributed by atoms with Crippen LogP contribution in [0.4, 0.5) is 0 Å². The molecule has 4 rings (SSSR count). The third kappa shape index (κ3) is 2.91. The Kier molecular flexibility index (Phi) is 4.14. The van der Waals surface area contributed by atoms with E-state index in [0.29, 0.717) is 17.9 Å². The van der Waals surface area contributed by atoms with E-state index in [1.807, 2.05) is 18.2 Å². The summed E-state index contributed by atoms with van der Waals surface area (Å²) in [6, 6.07) is 10.3. The molecule has 0 bridgehead atoms. The number of benzene rings is 1. The van der Waals surface area contributed by atoms with E-state index in [1.165, 1.54) is 0 Å². The second-order valence-corrected chi connectivity index (χ2v) is 6.31. The fourth-order valence-electron chi connectivity index (χ4n) is 3.53. The highest BCUT2D eigenvalue weighted by atomic mass is 16.5. The Hall–Kier alpha value is -1.72. The molecule has 0 unspecified atom stereocenters. The van der Waals surface area contributed by atoms with Crippen LogP contribution in [0.5, 0.6) is 0 Å². The van der Waals surface area contributed by atoms with Crippen molar-refractivity contribution in [1.29, 1.82) is 0 Å². The van der Waals surface area contributed by atoms with Gasteiger partial charge in [-0.1, -0.05) is 37.3 Å². The molecule has 5 heteroatoms. The van der Waals surface area contributed by atoms with Gasteiger partial charge in [0, 0.05) is 6.61 Å². The zero-order valence-corrected chi connectivity index (χ0v) is 13.4. The zero-order chi connectivity index (χ0) is 15.6. The molecule has 0 saturated carbocycles. The lowest BCUT2D eigenvalue weighted by atomic mass is 9.95. The second-order valence-electron chi connectivity index (χ2n) is 6.31. The van der Waals surface area contributed by atoms with Gasteiger partial charge in [-0.2, -0.15) is 0 Å². The predicted molar refractivity (Wildman–Crippen MR) is 83.9 cm³/mol. The summed E-state index contributed by atoms with van der Waals surface area (Å²) < 4.78 is 17.8. The number of rotatable bonds is 4. The maximum atomic E-state index is 5.97. The molecule has 23 heavy (non-hydrogen) atoms. The molecule has 2 aromatic rings. The third-order valence-electron chi connectivity index (χ3n) is 4.83. The van der Waals surface area contributed by atoms with Crippen LogP contribution in [0.25, 0.3) is 0 Å². The first-order valence-electron chi connectivity index (χ1n) is 8.50. The van der Waals surface area contributed by atoms with Crippen molar-refractivity contribution in [2.75, 3.05) is 6.61 Å². The van der Waals surface area contributed by atoms with E-state index in [-0.39, 0.29) is 18.1 Å².